The van der Waals surface area contributed by atoms with E-state index < -0.39 is 0 Å². The average molecular weight is 250 g/mol. The van der Waals surface area contributed by atoms with Gasteiger partial charge in [0, 0.05) is 25.3 Å². The first-order valence-corrected chi connectivity index (χ1v) is 7.05. The average Bonchev–Trinajstić information content (AvgIpc) is 2.81. The molecule has 0 radical (unpaired) electrons. The summed E-state index contributed by atoms with van der Waals surface area (Å²) < 4.78 is 0. The molecule has 1 amide bonds. The first-order valence-electron chi connectivity index (χ1n) is 6.00. The number of thioether (sulfide) groups is 1. The summed E-state index contributed by atoms with van der Waals surface area (Å²) in [6, 6.07) is 10.7. The third-order valence-electron chi connectivity index (χ3n) is 2.73. The predicted octanol–water partition coefficient (Wildman–Crippen LogP) is 1.40. The van der Waals surface area contributed by atoms with Crippen LogP contribution in [0.5, 0.6) is 0 Å². The Kier molecular flexibility index (Phi) is 4.88. The Bertz CT molecular complexity index is 344. The third-order valence-corrected chi connectivity index (χ3v) is 3.91. The van der Waals surface area contributed by atoms with E-state index in [1.165, 1.54) is 17.9 Å². The Hall–Kier alpha value is -1.00. The zero-order chi connectivity index (χ0) is 11.9. The lowest BCUT2D eigenvalue weighted by Crippen LogP contribution is -2.37. The van der Waals surface area contributed by atoms with Gasteiger partial charge < -0.3 is 10.6 Å². The van der Waals surface area contributed by atoms with Crippen molar-refractivity contribution in [1.29, 1.82) is 0 Å². The van der Waals surface area contributed by atoms with E-state index in [4.69, 9.17) is 0 Å². The molecular formula is C13H18N2OS. The molecule has 0 aromatic heterocycles. The summed E-state index contributed by atoms with van der Waals surface area (Å²) in [6.45, 7) is 2.06. The fourth-order valence-electron chi connectivity index (χ4n) is 1.67. The van der Waals surface area contributed by atoms with Crippen molar-refractivity contribution in [2.24, 2.45) is 0 Å². The molecular weight excluding hydrogens is 232 g/mol. The van der Waals surface area contributed by atoms with Gasteiger partial charge in [0.2, 0.25) is 5.91 Å². The fraction of sp³-hybridized carbons (Fsp3) is 0.462. The van der Waals surface area contributed by atoms with Crippen molar-refractivity contribution in [3.8, 4) is 0 Å². The van der Waals surface area contributed by atoms with Crippen LogP contribution >= 0.6 is 11.8 Å². The Morgan fingerprint density at radius 1 is 1.24 bits per heavy atom. The van der Waals surface area contributed by atoms with Gasteiger partial charge in [-0.05, 0) is 12.0 Å². The van der Waals surface area contributed by atoms with E-state index >= 15 is 0 Å². The predicted molar refractivity (Wildman–Crippen MR) is 72.0 cm³/mol. The molecule has 1 atom stereocenters. The van der Waals surface area contributed by atoms with E-state index in [9.17, 15) is 4.79 Å². The Labute approximate surface area is 106 Å². The zero-order valence-electron chi connectivity index (χ0n) is 9.82. The molecule has 0 aliphatic carbocycles. The molecule has 2 N–H and O–H groups in total. The SMILES string of the molecule is O=C1CCN1.c1ccc(CC2NCCS2)cc1. The highest BCUT2D eigenvalue weighted by Crippen LogP contribution is 2.17. The van der Waals surface area contributed by atoms with Gasteiger partial charge in [-0.25, -0.2) is 0 Å². The molecule has 3 rings (SSSR count). The minimum Gasteiger partial charge on any atom is -0.356 e. The van der Waals surface area contributed by atoms with Crippen molar-refractivity contribution in [3.05, 3.63) is 35.9 Å². The second-order valence-corrected chi connectivity index (χ2v) is 5.41. The van der Waals surface area contributed by atoms with E-state index in [-0.39, 0.29) is 5.91 Å². The van der Waals surface area contributed by atoms with Crippen molar-refractivity contribution < 1.29 is 4.79 Å². The molecule has 0 bridgehead atoms. The van der Waals surface area contributed by atoms with Crippen molar-refractivity contribution >= 4 is 17.7 Å². The van der Waals surface area contributed by atoms with Gasteiger partial charge in [0.25, 0.3) is 0 Å². The molecule has 2 aliphatic rings. The van der Waals surface area contributed by atoms with Crippen molar-refractivity contribution in [3.63, 3.8) is 0 Å². The molecule has 0 saturated carbocycles. The van der Waals surface area contributed by atoms with Gasteiger partial charge in [-0.2, -0.15) is 0 Å². The van der Waals surface area contributed by atoms with Crippen LogP contribution in [0.4, 0.5) is 0 Å². The van der Waals surface area contributed by atoms with Crippen molar-refractivity contribution in [2.75, 3.05) is 18.8 Å². The van der Waals surface area contributed by atoms with Crippen LogP contribution in [0, 0.1) is 0 Å². The van der Waals surface area contributed by atoms with Gasteiger partial charge in [-0.15, -0.1) is 11.8 Å². The molecule has 1 aromatic rings. The molecule has 2 heterocycles. The van der Waals surface area contributed by atoms with E-state index in [2.05, 4.69) is 41.0 Å². The van der Waals surface area contributed by atoms with E-state index in [1.54, 1.807) is 0 Å². The number of benzene rings is 1. The minimum atomic E-state index is 0.185. The van der Waals surface area contributed by atoms with Gasteiger partial charge in [0.1, 0.15) is 0 Å². The number of β-lactam (4-membered cyclic amide) rings is 1. The number of carbonyl (C=O) groups excluding carboxylic acids is 1. The number of carbonyl (C=O) groups is 1. The molecule has 92 valence electrons. The summed E-state index contributed by atoms with van der Waals surface area (Å²) in [4.78, 5) is 9.79. The summed E-state index contributed by atoms with van der Waals surface area (Å²) >= 11 is 2.03. The topological polar surface area (TPSA) is 41.1 Å². The maximum atomic E-state index is 9.79. The third kappa shape index (κ3) is 4.40. The smallest absolute Gasteiger partial charge is 0.221 e. The summed E-state index contributed by atoms with van der Waals surface area (Å²) in [7, 11) is 0. The van der Waals surface area contributed by atoms with E-state index in [1.807, 2.05) is 11.8 Å². The van der Waals surface area contributed by atoms with Crippen LogP contribution in [0.1, 0.15) is 12.0 Å². The monoisotopic (exact) mass is 250 g/mol. The molecule has 0 spiro atoms. The Morgan fingerprint density at radius 3 is 2.41 bits per heavy atom. The first kappa shape index (κ1) is 12.5. The molecule has 17 heavy (non-hydrogen) atoms. The standard InChI is InChI=1S/C10H13NS.C3H5NO/c1-2-4-9(5-3-1)8-10-11-6-7-12-10;5-3-1-2-4-3/h1-5,10-11H,6-8H2;1-2H2,(H,4,5). The molecule has 4 heteroatoms. The summed E-state index contributed by atoms with van der Waals surface area (Å²) in [5.41, 5.74) is 1.43. The van der Waals surface area contributed by atoms with Crippen LogP contribution in [0.3, 0.4) is 0 Å². The minimum absolute atomic E-state index is 0.185. The highest BCUT2D eigenvalue weighted by Gasteiger charge is 2.14. The van der Waals surface area contributed by atoms with Gasteiger partial charge >= 0.3 is 0 Å². The van der Waals surface area contributed by atoms with Gasteiger partial charge in [0.05, 0.1) is 5.37 Å². The van der Waals surface area contributed by atoms with Gasteiger partial charge in [-0.1, -0.05) is 30.3 Å². The highest BCUT2D eigenvalue weighted by molar-refractivity contribution is 8.00. The molecule has 1 unspecified atom stereocenters. The number of nitrogens with one attached hydrogen (secondary N) is 2. The van der Waals surface area contributed by atoms with Crippen LogP contribution in [-0.2, 0) is 11.2 Å². The Balaban J connectivity index is 0.000000181. The first-order chi connectivity index (χ1) is 8.34. The van der Waals surface area contributed by atoms with E-state index in [0.717, 1.165) is 19.4 Å². The lowest BCUT2D eigenvalue weighted by Gasteiger charge is -2.10. The second-order valence-electron chi connectivity index (χ2n) is 4.10. The van der Waals surface area contributed by atoms with Gasteiger partial charge in [-0.3, -0.25) is 4.79 Å². The molecule has 2 saturated heterocycles. The summed E-state index contributed by atoms with van der Waals surface area (Å²) in [5, 5.41) is 6.68. The maximum Gasteiger partial charge on any atom is 0.221 e. The number of amides is 1. The number of hydrogen-bond acceptors (Lipinski definition) is 3. The lowest BCUT2D eigenvalue weighted by atomic mass is 10.1. The normalized spacial score (nSPS) is 22.1. The lowest BCUT2D eigenvalue weighted by molar-refractivity contribution is -0.125. The van der Waals surface area contributed by atoms with Crippen LogP contribution in [0.25, 0.3) is 0 Å². The Morgan fingerprint density at radius 2 is 1.94 bits per heavy atom. The maximum absolute atomic E-state index is 9.79. The van der Waals surface area contributed by atoms with Crippen LogP contribution in [0.2, 0.25) is 0 Å². The second kappa shape index (κ2) is 6.67. The van der Waals surface area contributed by atoms with Crippen LogP contribution in [0.15, 0.2) is 30.3 Å². The summed E-state index contributed by atoms with van der Waals surface area (Å²) in [6.07, 6.45) is 1.89. The van der Waals surface area contributed by atoms with Crippen LogP contribution in [-0.4, -0.2) is 30.1 Å². The largest absolute Gasteiger partial charge is 0.356 e. The van der Waals surface area contributed by atoms with Crippen molar-refractivity contribution in [1.82, 2.24) is 10.6 Å². The molecule has 3 nitrogen and oxygen atoms in total. The number of rotatable bonds is 2. The van der Waals surface area contributed by atoms with Gasteiger partial charge in [0.15, 0.2) is 0 Å². The fourth-order valence-corrected chi connectivity index (χ4v) is 2.73. The summed E-state index contributed by atoms with van der Waals surface area (Å²) in [5.74, 6) is 1.45. The van der Waals surface area contributed by atoms with E-state index in [0.29, 0.717) is 5.37 Å². The molecule has 2 fully saturated rings. The number of hydrogen-bond donors (Lipinski definition) is 2. The van der Waals surface area contributed by atoms with Crippen molar-refractivity contribution in [2.45, 2.75) is 18.2 Å². The van der Waals surface area contributed by atoms with Crippen LogP contribution < -0.4 is 10.6 Å². The highest BCUT2D eigenvalue weighted by atomic mass is 32.2. The zero-order valence-corrected chi connectivity index (χ0v) is 10.6. The quantitative estimate of drug-likeness (QED) is 0.780. The molecule has 1 aromatic carbocycles. The molecule has 2 aliphatic heterocycles.